The molecule has 1 saturated heterocycles. The number of nitro benzene ring substituents is 1. The Balaban J connectivity index is 2.38. The van der Waals surface area contributed by atoms with Crippen molar-refractivity contribution in [1.82, 2.24) is 4.31 Å². The first-order chi connectivity index (χ1) is 9.32. The Morgan fingerprint density at radius 2 is 1.95 bits per heavy atom. The molecule has 1 heterocycles. The Kier molecular flexibility index (Phi) is 4.02. The standard InChI is InChI=1S/C11H13FN2O5S/c12-10-2-1-8(14(16)17)7-11(10)20(18,19)13-5-3-9(15)4-6-13/h1-2,7,9,15H,3-6H2. The van der Waals surface area contributed by atoms with Crippen LogP contribution < -0.4 is 0 Å². The highest BCUT2D eigenvalue weighted by molar-refractivity contribution is 7.89. The Morgan fingerprint density at radius 1 is 1.35 bits per heavy atom. The monoisotopic (exact) mass is 304 g/mol. The van der Waals surface area contributed by atoms with Crippen molar-refractivity contribution in [2.45, 2.75) is 23.8 Å². The van der Waals surface area contributed by atoms with Gasteiger partial charge in [0.2, 0.25) is 10.0 Å². The van der Waals surface area contributed by atoms with Crippen LogP contribution in [0.3, 0.4) is 0 Å². The number of rotatable bonds is 3. The van der Waals surface area contributed by atoms with E-state index < -0.39 is 37.5 Å². The minimum Gasteiger partial charge on any atom is -0.393 e. The molecule has 1 fully saturated rings. The normalized spacial score (nSPS) is 18.1. The second-order valence-corrected chi connectivity index (χ2v) is 6.41. The van der Waals surface area contributed by atoms with Gasteiger partial charge in [-0.05, 0) is 18.9 Å². The minimum atomic E-state index is -4.13. The average Bonchev–Trinajstić information content (AvgIpc) is 2.39. The van der Waals surface area contributed by atoms with Crippen LogP contribution in [0.15, 0.2) is 23.1 Å². The number of nitrogens with zero attached hydrogens (tertiary/aromatic N) is 2. The number of piperidine rings is 1. The molecule has 0 unspecified atom stereocenters. The molecule has 0 radical (unpaired) electrons. The van der Waals surface area contributed by atoms with E-state index in [-0.39, 0.29) is 25.9 Å². The first-order valence-electron chi connectivity index (χ1n) is 5.94. The van der Waals surface area contributed by atoms with Gasteiger partial charge in [0.1, 0.15) is 10.7 Å². The molecule has 0 spiro atoms. The molecule has 1 N–H and O–H groups in total. The lowest BCUT2D eigenvalue weighted by Gasteiger charge is -2.28. The van der Waals surface area contributed by atoms with Crippen molar-refractivity contribution in [3.05, 3.63) is 34.1 Å². The summed E-state index contributed by atoms with van der Waals surface area (Å²) >= 11 is 0. The molecule has 0 saturated carbocycles. The van der Waals surface area contributed by atoms with Crippen LogP contribution in [0.4, 0.5) is 10.1 Å². The van der Waals surface area contributed by atoms with E-state index in [2.05, 4.69) is 0 Å². The van der Waals surface area contributed by atoms with Crippen molar-refractivity contribution in [2.75, 3.05) is 13.1 Å². The molecule has 1 aliphatic rings. The van der Waals surface area contributed by atoms with Crippen molar-refractivity contribution in [2.24, 2.45) is 0 Å². The molecular weight excluding hydrogens is 291 g/mol. The number of sulfonamides is 1. The molecule has 110 valence electrons. The topological polar surface area (TPSA) is 101 Å². The van der Waals surface area contributed by atoms with Gasteiger partial charge in [-0.15, -0.1) is 0 Å². The van der Waals surface area contributed by atoms with E-state index in [1.807, 2.05) is 0 Å². The molecule has 0 atom stereocenters. The summed E-state index contributed by atoms with van der Waals surface area (Å²) in [6.45, 7) is 0.122. The molecule has 1 aromatic carbocycles. The second kappa shape index (κ2) is 5.43. The van der Waals surface area contributed by atoms with Gasteiger partial charge in [-0.2, -0.15) is 4.31 Å². The molecule has 1 aromatic rings. The predicted octanol–water partition coefficient (Wildman–Crippen LogP) is 0.879. The number of nitro groups is 1. The van der Waals surface area contributed by atoms with Crippen LogP contribution in [0.25, 0.3) is 0 Å². The zero-order valence-corrected chi connectivity index (χ0v) is 11.2. The number of aliphatic hydroxyl groups is 1. The van der Waals surface area contributed by atoms with Crippen LogP contribution in [-0.2, 0) is 10.0 Å². The Hall–Kier alpha value is -1.58. The fourth-order valence-corrected chi connectivity index (χ4v) is 3.58. The second-order valence-electron chi connectivity index (χ2n) is 4.51. The van der Waals surface area contributed by atoms with Crippen molar-refractivity contribution in [3.8, 4) is 0 Å². The fraction of sp³-hybridized carbons (Fsp3) is 0.455. The quantitative estimate of drug-likeness (QED) is 0.660. The molecule has 20 heavy (non-hydrogen) atoms. The summed E-state index contributed by atoms with van der Waals surface area (Å²) in [5.41, 5.74) is -0.484. The van der Waals surface area contributed by atoms with Crippen LogP contribution in [-0.4, -0.2) is 41.9 Å². The molecule has 1 aliphatic heterocycles. The van der Waals surface area contributed by atoms with Gasteiger partial charge in [-0.3, -0.25) is 10.1 Å². The van der Waals surface area contributed by atoms with E-state index in [4.69, 9.17) is 0 Å². The molecule has 0 aliphatic carbocycles. The third-order valence-electron chi connectivity index (χ3n) is 3.17. The summed E-state index contributed by atoms with van der Waals surface area (Å²) in [5.74, 6) is -1.03. The van der Waals surface area contributed by atoms with Gasteiger partial charge < -0.3 is 5.11 Å². The lowest BCUT2D eigenvalue weighted by atomic mass is 10.1. The van der Waals surface area contributed by atoms with E-state index in [0.29, 0.717) is 0 Å². The Morgan fingerprint density at radius 3 is 2.50 bits per heavy atom. The minimum absolute atomic E-state index is 0.0611. The lowest BCUT2D eigenvalue weighted by Crippen LogP contribution is -2.40. The predicted molar refractivity (Wildman–Crippen MR) is 67.1 cm³/mol. The fourth-order valence-electron chi connectivity index (χ4n) is 2.02. The number of aliphatic hydroxyl groups excluding tert-OH is 1. The number of hydrogen-bond acceptors (Lipinski definition) is 5. The van der Waals surface area contributed by atoms with Gasteiger partial charge in [0.15, 0.2) is 0 Å². The summed E-state index contributed by atoms with van der Waals surface area (Å²) in [6, 6.07) is 2.40. The Labute approximate surface area is 114 Å². The largest absolute Gasteiger partial charge is 0.393 e. The molecule has 7 nitrogen and oxygen atoms in total. The smallest absolute Gasteiger partial charge is 0.270 e. The van der Waals surface area contributed by atoms with Gasteiger partial charge in [0, 0.05) is 25.2 Å². The third-order valence-corrected chi connectivity index (χ3v) is 5.08. The summed E-state index contributed by atoms with van der Waals surface area (Å²) in [7, 11) is -4.13. The summed E-state index contributed by atoms with van der Waals surface area (Å²) in [5, 5.41) is 20.0. The van der Waals surface area contributed by atoms with Gasteiger partial charge in [0.25, 0.3) is 5.69 Å². The zero-order valence-electron chi connectivity index (χ0n) is 10.4. The van der Waals surface area contributed by atoms with Gasteiger partial charge in [-0.1, -0.05) is 0 Å². The molecular formula is C11H13FN2O5S. The van der Waals surface area contributed by atoms with E-state index >= 15 is 0 Å². The van der Waals surface area contributed by atoms with Gasteiger partial charge in [0.05, 0.1) is 11.0 Å². The third kappa shape index (κ3) is 2.79. The van der Waals surface area contributed by atoms with E-state index in [9.17, 15) is 28.0 Å². The van der Waals surface area contributed by atoms with Gasteiger partial charge >= 0.3 is 0 Å². The number of non-ortho nitro benzene ring substituents is 1. The van der Waals surface area contributed by atoms with Crippen LogP contribution in [0.2, 0.25) is 0 Å². The Bertz CT molecular complexity index is 626. The molecule has 2 rings (SSSR count). The number of halogens is 1. The maximum atomic E-state index is 13.7. The SMILES string of the molecule is O=[N+]([O-])c1ccc(F)c(S(=O)(=O)N2CCC(O)CC2)c1. The van der Waals surface area contributed by atoms with Crippen molar-refractivity contribution >= 4 is 15.7 Å². The van der Waals surface area contributed by atoms with Crippen molar-refractivity contribution in [1.29, 1.82) is 0 Å². The highest BCUT2D eigenvalue weighted by atomic mass is 32.2. The zero-order chi connectivity index (χ0) is 14.9. The number of hydrogen-bond donors (Lipinski definition) is 1. The van der Waals surface area contributed by atoms with Crippen LogP contribution >= 0.6 is 0 Å². The summed E-state index contributed by atoms with van der Waals surface area (Å²) in [4.78, 5) is 9.17. The molecule has 0 amide bonds. The molecule has 0 bridgehead atoms. The van der Waals surface area contributed by atoms with Gasteiger partial charge in [-0.25, -0.2) is 12.8 Å². The van der Waals surface area contributed by atoms with Crippen molar-refractivity contribution in [3.63, 3.8) is 0 Å². The van der Waals surface area contributed by atoms with Crippen molar-refractivity contribution < 1.29 is 22.8 Å². The van der Waals surface area contributed by atoms with E-state index in [0.717, 1.165) is 22.5 Å². The lowest BCUT2D eigenvalue weighted by molar-refractivity contribution is -0.385. The average molecular weight is 304 g/mol. The summed E-state index contributed by atoms with van der Waals surface area (Å²) < 4.78 is 39.3. The van der Waals surface area contributed by atoms with E-state index in [1.165, 1.54) is 0 Å². The van der Waals surface area contributed by atoms with Crippen LogP contribution in [0, 0.1) is 15.9 Å². The first kappa shape index (κ1) is 14.8. The van der Waals surface area contributed by atoms with E-state index in [1.54, 1.807) is 0 Å². The first-order valence-corrected chi connectivity index (χ1v) is 7.38. The molecule has 9 heteroatoms. The van der Waals surface area contributed by atoms with Crippen LogP contribution in [0.5, 0.6) is 0 Å². The highest BCUT2D eigenvalue weighted by Gasteiger charge is 2.32. The maximum Gasteiger partial charge on any atom is 0.270 e. The van der Waals surface area contributed by atoms with Crippen LogP contribution in [0.1, 0.15) is 12.8 Å². The maximum absolute atomic E-state index is 13.7. The summed E-state index contributed by atoms with van der Waals surface area (Å²) in [6.07, 6.45) is -0.0534. The number of benzene rings is 1. The highest BCUT2D eigenvalue weighted by Crippen LogP contribution is 2.26. The molecule has 0 aromatic heterocycles.